The summed E-state index contributed by atoms with van der Waals surface area (Å²) in [5.74, 6) is -0.148. The van der Waals surface area contributed by atoms with E-state index >= 15 is 0 Å². The van der Waals surface area contributed by atoms with Gasteiger partial charge in [0.05, 0.1) is 5.69 Å². The Bertz CT molecular complexity index is 367. The Balaban J connectivity index is 2.16. The third-order valence-electron chi connectivity index (χ3n) is 2.89. The molecule has 4 nitrogen and oxygen atoms in total. The average molecular weight is 208 g/mol. The lowest BCUT2D eigenvalue weighted by atomic mass is 10.0. The van der Waals surface area contributed by atoms with Gasteiger partial charge in [0.15, 0.2) is 0 Å². The summed E-state index contributed by atoms with van der Waals surface area (Å²) in [5, 5.41) is 16.0. The minimum absolute atomic E-state index is 0.201. The van der Waals surface area contributed by atoms with Crippen LogP contribution >= 0.6 is 0 Å². The first-order valence-corrected chi connectivity index (χ1v) is 5.50. The van der Waals surface area contributed by atoms with E-state index in [4.69, 9.17) is 5.11 Å². The van der Waals surface area contributed by atoms with Crippen LogP contribution in [0.1, 0.15) is 49.1 Å². The van der Waals surface area contributed by atoms with E-state index in [-0.39, 0.29) is 6.42 Å². The van der Waals surface area contributed by atoms with Crippen molar-refractivity contribution in [2.45, 2.75) is 44.9 Å². The van der Waals surface area contributed by atoms with Crippen molar-refractivity contribution < 1.29 is 9.90 Å². The fourth-order valence-corrected chi connectivity index (χ4v) is 1.92. The van der Waals surface area contributed by atoms with Crippen molar-refractivity contribution in [3.8, 4) is 0 Å². The van der Waals surface area contributed by atoms with Gasteiger partial charge in [-0.15, -0.1) is 0 Å². The summed E-state index contributed by atoms with van der Waals surface area (Å²) in [6.07, 6.45) is 4.12. The van der Waals surface area contributed by atoms with Gasteiger partial charge in [-0.05, 0) is 31.2 Å². The van der Waals surface area contributed by atoms with Crippen molar-refractivity contribution >= 4 is 5.97 Å². The van der Waals surface area contributed by atoms with E-state index < -0.39 is 5.97 Å². The van der Waals surface area contributed by atoms with Gasteiger partial charge in [0.1, 0.15) is 0 Å². The first-order chi connectivity index (χ1) is 7.22. The van der Waals surface area contributed by atoms with Crippen LogP contribution in [0.2, 0.25) is 0 Å². The molecule has 82 valence electrons. The number of carbonyl (C=O) groups is 1. The van der Waals surface area contributed by atoms with Gasteiger partial charge in [0.2, 0.25) is 0 Å². The quantitative estimate of drug-likeness (QED) is 0.776. The molecule has 0 aliphatic heterocycles. The van der Waals surface area contributed by atoms with E-state index in [0.29, 0.717) is 12.3 Å². The summed E-state index contributed by atoms with van der Waals surface area (Å²) < 4.78 is 0. The molecule has 1 aliphatic carbocycles. The summed E-state index contributed by atoms with van der Waals surface area (Å²) in [5.41, 5.74) is 3.38. The third kappa shape index (κ3) is 2.19. The molecule has 1 aromatic rings. The van der Waals surface area contributed by atoms with Crippen LogP contribution in [0.5, 0.6) is 0 Å². The number of carboxylic acid groups (broad SMARTS) is 1. The van der Waals surface area contributed by atoms with Gasteiger partial charge in [-0.2, -0.15) is 5.10 Å². The molecule has 2 rings (SSSR count). The van der Waals surface area contributed by atoms with Crippen LogP contribution in [0.4, 0.5) is 0 Å². The Morgan fingerprint density at radius 3 is 2.87 bits per heavy atom. The molecule has 0 atom stereocenters. The number of hydrogen-bond acceptors (Lipinski definition) is 2. The Morgan fingerprint density at radius 1 is 1.60 bits per heavy atom. The molecule has 0 aromatic carbocycles. The van der Waals surface area contributed by atoms with Crippen molar-refractivity contribution in [2.24, 2.45) is 0 Å². The molecule has 0 amide bonds. The Labute approximate surface area is 88.7 Å². The highest BCUT2D eigenvalue weighted by Crippen LogP contribution is 2.41. The molecule has 1 aromatic heterocycles. The fraction of sp³-hybridized carbons (Fsp3) is 0.636. The molecule has 0 bridgehead atoms. The number of nitrogens with one attached hydrogen (secondary N) is 1. The smallest absolute Gasteiger partial charge is 0.303 e. The molecule has 4 heteroatoms. The number of aryl methyl sites for hydroxylation is 1. The molecular weight excluding hydrogens is 192 g/mol. The zero-order valence-corrected chi connectivity index (χ0v) is 8.92. The largest absolute Gasteiger partial charge is 0.481 e. The van der Waals surface area contributed by atoms with Crippen molar-refractivity contribution in [2.75, 3.05) is 0 Å². The SMILES string of the molecule is CCc1[nH]nc(C2CC2)c1CCC(=O)O. The number of aromatic amines is 1. The topological polar surface area (TPSA) is 66.0 Å². The average Bonchev–Trinajstić information content (AvgIpc) is 2.96. The zero-order valence-electron chi connectivity index (χ0n) is 8.92. The molecule has 1 saturated carbocycles. The van der Waals surface area contributed by atoms with Gasteiger partial charge in [-0.3, -0.25) is 9.89 Å². The van der Waals surface area contributed by atoms with Crippen LogP contribution in [-0.4, -0.2) is 21.3 Å². The normalized spacial score (nSPS) is 15.5. The Hall–Kier alpha value is -1.32. The molecule has 1 fully saturated rings. The highest BCUT2D eigenvalue weighted by Gasteiger charge is 2.29. The van der Waals surface area contributed by atoms with Crippen molar-refractivity contribution in [3.05, 3.63) is 17.0 Å². The number of rotatable bonds is 5. The molecule has 0 radical (unpaired) electrons. The first kappa shape index (κ1) is 10.2. The van der Waals surface area contributed by atoms with Gasteiger partial charge in [-0.25, -0.2) is 0 Å². The highest BCUT2D eigenvalue weighted by atomic mass is 16.4. The van der Waals surface area contributed by atoms with Crippen molar-refractivity contribution in [3.63, 3.8) is 0 Å². The Morgan fingerprint density at radius 2 is 2.33 bits per heavy atom. The van der Waals surface area contributed by atoms with Crippen LogP contribution in [0, 0.1) is 0 Å². The van der Waals surface area contributed by atoms with Crippen LogP contribution in [0.25, 0.3) is 0 Å². The predicted octanol–water partition coefficient (Wildman–Crippen LogP) is 1.87. The summed E-state index contributed by atoms with van der Waals surface area (Å²) in [6, 6.07) is 0. The molecule has 2 N–H and O–H groups in total. The van der Waals surface area contributed by atoms with E-state index in [0.717, 1.165) is 23.4 Å². The van der Waals surface area contributed by atoms with E-state index in [1.54, 1.807) is 0 Å². The lowest BCUT2D eigenvalue weighted by Crippen LogP contribution is -2.01. The van der Waals surface area contributed by atoms with E-state index in [1.807, 2.05) is 0 Å². The maximum absolute atomic E-state index is 10.6. The lowest BCUT2D eigenvalue weighted by molar-refractivity contribution is -0.136. The van der Waals surface area contributed by atoms with Crippen molar-refractivity contribution in [1.29, 1.82) is 0 Å². The standard InChI is InChI=1S/C11H16N2O2/c1-2-9-8(5-6-10(14)15)11(13-12-9)7-3-4-7/h7H,2-6H2,1H3,(H,12,13)(H,14,15). The van der Waals surface area contributed by atoms with Crippen LogP contribution in [0.3, 0.4) is 0 Å². The number of H-pyrrole nitrogens is 1. The third-order valence-corrected chi connectivity index (χ3v) is 2.89. The molecule has 0 unspecified atom stereocenters. The minimum Gasteiger partial charge on any atom is -0.481 e. The predicted molar refractivity (Wildman–Crippen MR) is 55.9 cm³/mol. The maximum atomic E-state index is 10.6. The van der Waals surface area contributed by atoms with Gasteiger partial charge in [0, 0.05) is 18.0 Å². The van der Waals surface area contributed by atoms with Crippen LogP contribution in [0.15, 0.2) is 0 Å². The summed E-state index contributed by atoms with van der Waals surface area (Å²) in [4.78, 5) is 10.6. The fourth-order valence-electron chi connectivity index (χ4n) is 1.92. The second-order valence-corrected chi connectivity index (χ2v) is 4.09. The lowest BCUT2D eigenvalue weighted by Gasteiger charge is -2.01. The van der Waals surface area contributed by atoms with Crippen LogP contribution in [-0.2, 0) is 17.6 Å². The van der Waals surface area contributed by atoms with E-state index in [9.17, 15) is 4.79 Å². The Kier molecular flexibility index (Phi) is 2.75. The molecule has 15 heavy (non-hydrogen) atoms. The second kappa shape index (κ2) is 4.04. The number of nitrogens with zero attached hydrogens (tertiary/aromatic N) is 1. The monoisotopic (exact) mass is 208 g/mol. The van der Waals surface area contributed by atoms with E-state index in [2.05, 4.69) is 17.1 Å². The summed E-state index contributed by atoms with van der Waals surface area (Å²) in [6.45, 7) is 2.06. The highest BCUT2D eigenvalue weighted by molar-refractivity contribution is 5.67. The minimum atomic E-state index is -0.736. The molecule has 1 aliphatic rings. The van der Waals surface area contributed by atoms with Crippen LogP contribution < -0.4 is 0 Å². The maximum Gasteiger partial charge on any atom is 0.303 e. The number of hydrogen-bond donors (Lipinski definition) is 2. The number of aliphatic carboxylic acids is 1. The summed E-state index contributed by atoms with van der Waals surface area (Å²) >= 11 is 0. The number of aromatic nitrogens is 2. The molecule has 0 saturated heterocycles. The van der Waals surface area contributed by atoms with Gasteiger partial charge < -0.3 is 5.11 Å². The molecular formula is C11H16N2O2. The first-order valence-electron chi connectivity index (χ1n) is 5.50. The van der Waals surface area contributed by atoms with Gasteiger partial charge >= 0.3 is 5.97 Å². The van der Waals surface area contributed by atoms with Gasteiger partial charge in [-0.1, -0.05) is 6.92 Å². The van der Waals surface area contributed by atoms with E-state index in [1.165, 1.54) is 12.8 Å². The zero-order chi connectivity index (χ0) is 10.8. The molecule has 0 spiro atoms. The summed E-state index contributed by atoms with van der Waals surface area (Å²) in [7, 11) is 0. The second-order valence-electron chi connectivity index (χ2n) is 4.09. The molecule has 1 heterocycles. The van der Waals surface area contributed by atoms with Gasteiger partial charge in [0.25, 0.3) is 0 Å². The number of carboxylic acids is 1. The van der Waals surface area contributed by atoms with Crippen molar-refractivity contribution in [1.82, 2.24) is 10.2 Å².